The van der Waals surface area contributed by atoms with E-state index in [1.54, 1.807) is 6.07 Å². The fraction of sp³-hybridized carbons (Fsp3) is 0.423. The number of methoxy groups -OCH3 is 1. The van der Waals surface area contributed by atoms with Crippen LogP contribution in [-0.2, 0) is 0 Å². The Bertz CT molecular complexity index is 1120. The Kier molecular flexibility index (Phi) is 6.58. The normalized spacial score (nSPS) is 17.7. The summed E-state index contributed by atoms with van der Waals surface area (Å²) in [6.07, 6.45) is 4.61. The number of fused-ring (bicyclic) bond motifs is 1. The van der Waals surface area contributed by atoms with Gasteiger partial charge in [-0.05, 0) is 67.4 Å². The predicted octanol–water partition coefficient (Wildman–Crippen LogP) is 4.49. The molecule has 1 N–H and O–H groups in total. The fourth-order valence-corrected chi connectivity index (χ4v) is 5.20. The lowest BCUT2D eigenvalue weighted by molar-refractivity contribution is 0.215. The lowest BCUT2D eigenvalue weighted by Gasteiger charge is -2.37. The zero-order valence-electron chi connectivity index (χ0n) is 19.1. The molecule has 0 radical (unpaired) electrons. The number of anilines is 1. The Balaban J connectivity index is 1.36. The van der Waals surface area contributed by atoms with Crippen molar-refractivity contribution in [2.24, 2.45) is 0 Å². The lowest BCUT2D eigenvalue weighted by Crippen LogP contribution is -2.48. The number of benzene rings is 2. The van der Waals surface area contributed by atoms with Gasteiger partial charge in [-0.1, -0.05) is 17.7 Å². The molecule has 0 saturated carbocycles. The summed E-state index contributed by atoms with van der Waals surface area (Å²) in [6.45, 7) is 9.10. The first-order valence-corrected chi connectivity index (χ1v) is 12.2. The lowest BCUT2D eigenvalue weighted by atomic mass is 10.0. The predicted molar refractivity (Wildman–Crippen MR) is 135 cm³/mol. The smallest absolute Gasteiger partial charge is 0.176 e. The second-order valence-corrected chi connectivity index (χ2v) is 9.36. The molecule has 0 atom stereocenters. The summed E-state index contributed by atoms with van der Waals surface area (Å²) in [4.78, 5) is 12.3. The maximum atomic E-state index is 10.1. The third-order valence-electron chi connectivity index (χ3n) is 6.94. The van der Waals surface area contributed by atoms with E-state index in [9.17, 15) is 5.11 Å². The molecule has 2 aliphatic heterocycles. The minimum Gasteiger partial charge on any atom is -0.503 e. The van der Waals surface area contributed by atoms with Crippen LogP contribution in [0.5, 0.6) is 11.5 Å². The summed E-state index contributed by atoms with van der Waals surface area (Å²) in [5.41, 5.74) is 4.11. The van der Waals surface area contributed by atoms with Crippen LogP contribution in [0, 0.1) is 0 Å². The number of phenolic OH excluding ortho intramolecular Hbond substituents is 1. The van der Waals surface area contributed by atoms with Crippen LogP contribution in [0.15, 0.2) is 42.6 Å². The van der Waals surface area contributed by atoms with E-state index >= 15 is 0 Å². The highest BCUT2D eigenvalue weighted by molar-refractivity contribution is 6.32. The van der Waals surface area contributed by atoms with E-state index in [2.05, 4.69) is 31.8 Å². The maximum absolute atomic E-state index is 10.1. The molecule has 3 aromatic rings. The third-order valence-corrected chi connectivity index (χ3v) is 7.23. The van der Waals surface area contributed by atoms with Crippen molar-refractivity contribution >= 4 is 28.2 Å². The fourth-order valence-electron chi connectivity index (χ4n) is 4.98. The first kappa shape index (κ1) is 22.3. The Morgan fingerprint density at radius 2 is 1.64 bits per heavy atom. The molecular weight excluding hydrogens is 436 g/mol. The minimum absolute atomic E-state index is 0.0336. The number of hydrogen-bond donors (Lipinski definition) is 1. The third kappa shape index (κ3) is 4.74. The highest BCUT2D eigenvalue weighted by atomic mass is 35.5. The van der Waals surface area contributed by atoms with Crippen molar-refractivity contribution in [3.63, 3.8) is 0 Å². The summed E-state index contributed by atoms with van der Waals surface area (Å²) in [5, 5.41) is 11.5. The number of hydrogen-bond acceptors (Lipinski definition) is 6. The quantitative estimate of drug-likeness (QED) is 0.577. The first-order chi connectivity index (χ1) is 16.1. The van der Waals surface area contributed by atoms with Gasteiger partial charge in [0.2, 0.25) is 0 Å². The van der Waals surface area contributed by atoms with Crippen molar-refractivity contribution in [2.45, 2.75) is 12.8 Å². The molecule has 0 amide bonds. The van der Waals surface area contributed by atoms with Gasteiger partial charge in [-0.15, -0.1) is 0 Å². The Morgan fingerprint density at radius 3 is 2.36 bits per heavy atom. The first-order valence-electron chi connectivity index (χ1n) is 11.8. The van der Waals surface area contributed by atoms with Crippen molar-refractivity contribution in [2.75, 3.05) is 64.4 Å². The number of ether oxygens (including phenoxy) is 1. The second-order valence-electron chi connectivity index (χ2n) is 8.95. The molecule has 174 valence electrons. The zero-order chi connectivity index (χ0) is 22.8. The van der Waals surface area contributed by atoms with Crippen LogP contribution in [0.1, 0.15) is 12.8 Å². The van der Waals surface area contributed by atoms with Gasteiger partial charge >= 0.3 is 0 Å². The van der Waals surface area contributed by atoms with E-state index in [0.717, 1.165) is 48.2 Å². The number of aromatic hydroxyl groups is 1. The standard InChI is InChI=1S/C26H31ClN4O2/c1-33-25-18-20(17-22(27)26(25)32)19-4-5-23-21(16-19)24(6-7-28-23)31-14-12-30(13-15-31)11-10-29-8-2-3-9-29/h4-7,16-18,32H,2-3,8-15H2,1H3. The largest absolute Gasteiger partial charge is 0.503 e. The highest BCUT2D eigenvalue weighted by Gasteiger charge is 2.21. The van der Waals surface area contributed by atoms with Crippen molar-refractivity contribution in [3.8, 4) is 22.6 Å². The van der Waals surface area contributed by atoms with Crippen molar-refractivity contribution in [1.29, 1.82) is 0 Å². The highest BCUT2D eigenvalue weighted by Crippen LogP contribution is 2.39. The molecule has 7 heteroatoms. The Morgan fingerprint density at radius 1 is 0.909 bits per heavy atom. The molecule has 2 fully saturated rings. The van der Waals surface area contributed by atoms with Gasteiger partial charge in [0.05, 0.1) is 17.6 Å². The monoisotopic (exact) mass is 466 g/mol. The second kappa shape index (κ2) is 9.75. The molecule has 2 aliphatic rings. The molecule has 0 spiro atoms. The molecule has 1 aromatic heterocycles. The number of pyridine rings is 1. The van der Waals surface area contributed by atoms with Crippen molar-refractivity contribution in [1.82, 2.24) is 14.8 Å². The summed E-state index contributed by atoms with van der Waals surface area (Å²) in [7, 11) is 1.53. The number of likely N-dealkylation sites (tertiary alicyclic amines) is 1. The van der Waals surface area contributed by atoms with E-state index in [1.165, 1.54) is 51.8 Å². The van der Waals surface area contributed by atoms with Crippen molar-refractivity contribution in [3.05, 3.63) is 47.6 Å². The van der Waals surface area contributed by atoms with Gasteiger partial charge in [0.1, 0.15) is 0 Å². The number of phenols is 1. The number of halogens is 1. The van der Waals surface area contributed by atoms with E-state index in [4.69, 9.17) is 16.3 Å². The zero-order valence-corrected chi connectivity index (χ0v) is 19.9. The number of nitrogens with zero attached hydrogens (tertiary/aromatic N) is 4. The molecule has 3 heterocycles. The topological polar surface area (TPSA) is 52.1 Å². The van der Waals surface area contributed by atoms with Crippen LogP contribution < -0.4 is 9.64 Å². The van der Waals surface area contributed by atoms with Crippen LogP contribution in [0.4, 0.5) is 5.69 Å². The van der Waals surface area contributed by atoms with Gasteiger partial charge in [-0.25, -0.2) is 0 Å². The molecular formula is C26H31ClN4O2. The number of rotatable bonds is 6. The minimum atomic E-state index is -0.0336. The van der Waals surface area contributed by atoms with Crippen LogP contribution >= 0.6 is 11.6 Å². The summed E-state index contributed by atoms with van der Waals surface area (Å²) in [5.74, 6) is 0.336. The Labute approximate surface area is 200 Å². The molecule has 6 nitrogen and oxygen atoms in total. The molecule has 0 bridgehead atoms. The van der Waals surface area contributed by atoms with E-state index < -0.39 is 0 Å². The van der Waals surface area contributed by atoms with Gasteiger partial charge in [0.25, 0.3) is 0 Å². The van der Waals surface area contributed by atoms with Crippen molar-refractivity contribution < 1.29 is 9.84 Å². The molecule has 5 rings (SSSR count). The van der Waals surface area contributed by atoms with Gasteiger partial charge < -0.3 is 19.6 Å². The van der Waals surface area contributed by atoms with E-state index in [0.29, 0.717) is 5.75 Å². The van der Waals surface area contributed by atoms with Crippen LogP contribution in [0.25, 0.3) is 22.0 Å². The van der Waals surface area contributed by atoms with E-state index in [-0.39, 0.29) is 10.8 Å². The van der Waals surface area contributed by atoms with Gasteiger partial charge in [-0.2, -0.15) is 0 Å². The average molecular weight is 467 g/mol. The van der Waals surface area contributed by atoms with Crippen LogP contribution in [0.3, 0.4) is 0 Å². The van der Waals surface area contributed by atoms with Gasteiger partial charge in [0, 0.05) is 56.5 Å². The summed E-state index contributed by atoms with van der Waals surface area (Å²) in [6, 6.07) is 12.0. The van der Waals surface area contributed by atoms with E-state index in [1.807, 2.05) is 24.4 Å². The SMILES string of the molecule is COc1cc(-c2ccc3nccc(N4CCN(CCN5CCCC5)CC4)c3c2)cc(Cl)c1O. The number of piperazine rings is 1. The molecule has 0 unspecified atom stereocenters. The molecule has 33 heavy (non-hydrogen) atoms. The number of aromatic nitrogens is 1. The van der Waals surface area contributed by atoms with Gasteiger partial charge in [-0.3, -0.25) is 9.88 Å². The van der Waals surface area contributed by atoms with Crippen LogP contribution in [0.2, 0.25) is 5.02 Å². The summed E-state index contributed by atoms with van der Waals surface area (Å²) < 4.78 is 5.29. The van der Waals surface area contributed by atoms with Gasteiger partial charge in [0.15, 0.2) is 11.5 Å². The summed E-state index contributed by atoms with van der Waals surface area (Å²) >= 11 is 6.24. The average Bonchev–Trinajstić information content (AvgIpc) is 3.38. The molecule has 2 saturated heterocycles. The molecule has 0 aliphatic carbocycles. The molecule has 2 aromatic carbocycles. The maximum Gasteiger partial charge on any atom is 0.176 e. The van der Waals surface area contributed by atoms with Crippen LogP contribution in [-0.4, -0.2) is 79.4 Å². The Hall–Kier alpha value is -2.54.